The summed E-state index contributed by atoms with van der Waals surface area (Å²) in [7, 11) is 0. The summed E-state index contributed by atoms with van der Waals surface area (Å²) in [5, 5.41) is 14.8. The maximum atomic E-state index is 11.5. The van der Waals surface area contributed by atoms with Crippen LogP contribution in [0.4, 0.5) is 0 Å². The number of nitrogens with one attached hydrogen (secondary N) is 1. The standard InChI is InChI=1S/C10H11N3O4/c14-8-2-1-7(10(17)11-8)13-4-3-6(12-13)5-9(15)16/h3-4,7H,1-2,5H2,(H,15,16)(H,11,14,17). The number of aromatic nitrogens is 2. The van der Waals surface area contributed by atoms with Crippen molar-refractivity contribution in [3.05, 3.63) is 18.0 Å². The summed E-state index contributed by atoms with van der Waals surface area (Å²) in [6.45, 7) is 0. The number of carbonyl (C=O) groups is 3. The summed E-state index contributed by atoms with van der Waals surface area (Å²) < 4.78 is 1.40. The molecule has 90 valence electrons. The molecule has 17 heavy (non-hydrogen) atoms. The van der Waals surface area contributed by atoms with Gasteiger partial charge in [-0.3, -0.25) is 24.4 Å². The van der Waals surface area contributed by atoms with Crippen molar-refractivity contribution in [2.45, 2.75) is 25.3 Å². The maximum absolute atomic E-state index is 11.5. The van der Waals surface area contributed by atoms with Crippen molar-refractivity contribution >= 4 is 17.8 Å². The molecule has 2 rings (SSSR count). The lowest BCUT2D eigenvalue weighted by atomic mass is 10.1. The van der Waals surface area contributed by atoms with Crippen molar-refractivity contribution in [1.29, 1.82) is 0 Å². The van der Waals surface area contributed by atoms with E-state index in [1.54, 1.807) is 12.3 Å². The number of hydrogen-bond donors (Lipinski definition) is 2. The molecule has 1 aromatic heterocycles. The quantitative estimate of drug-likeness (QED) is 0.689. The van der Waals surface area contributed by atoms with E-state index < -0.39 is 17.9 Å². The van der Waals surface area contributed by atoms with Crippen LogP contribution < -0.4 is 5.32 Å². The van der Waals surface area contributed by atoms with E-state index in [0.717, 1.165) is 0 Å². The lowest BCUT2D eigenvalue weighted by molar-refractivity contribution is -0.137. The number of carboxylic acid groups (broad SMARTS) is 1. The van der Waals surface area contributed by atoms with Gasteiger partial charge >= 0.3 is 5.97 Å². The van der Waals surface area contributed by atoms with Gasteiger partial charge in [0.15, 0.2) is 0 Å². The first-order valence-electron chi connectivity index (χ1n) is 5.16. The molecule has 1 aromatic rings. The molecule has 7 heteroatoms. The highest BCUT2D eigenvalue weighted by molar-refractivity contribution is 5.99. The van der Waals surface area contributed by atoms with Gasteiger partial charge < -0.3 is 5.11 Å². The third-order valence-electron chi connectivity index (χ3n) is 2.53. The van der Waals surface area contributed by atoms with Gasteiger partial charge in [0.1, 0.15) is 6.04 Å². The molecule has 1 aliphatic heterocycles. The average Bonchev–Trinajstić information content (AvgIpc) is 2.65. The smallest absolute Gasteiger partial charge is 0.309 e. The molecule has 0 saturated carbocycles. The minimum absolute atomic E-state index is 0.180. The normalized spacial score (nSPS) is 20.1. The summed E-state index contributed by atoms with van der Waals surface area (Å²) >= 11 is 0. The zero-order valence-corrected chi connectivity index (χ0v) is 8.92. The van der Waals surface area contributed by atoms with Crippen LogP contribution in [0.2, 0.25) is 0 Å². The van der Waals surface area contributed by atoms with E-state index in [2.05, 4.69) is 10.4 Å². The fourth-order valence-corrected chi connectivity index (χ4v) is 1.73. The monoisotopic (exact) mass is 237 g/mol. The molecule has 0 aromatic carbocycles. The van der Waals surface area contributed by atoms with E-state index in [1.807, 2.05) is 0 Å². The second-order valence-electron chi connectivity index (χ2n) is 3.82. The molecule has 2 amide bonds. The van der Waals surface area contributed by atoms with E-state index in [9.17, 15) is 14.4 Å². The van der Waals surface area contributed by atoms with Gasteiger partial charge in [0, 0.05) is 12.6 Å². The van der Waals surface area contributed by atoms with Gasteiger partial charge in [0.25, 0.3) is 5.91 Å². The number of imide groups is 1. The fraction of sp³-hybridized carbons (Fsp3) is 0.400. The summed E-state index contributed by atoms with van der Waals surface area (Å²) in [6, 6.07) is 1.02. The second-order valence-corrected chi connectivity index (χ2v) is 3.82. The average molecular weight is 237 g/mol. The maximum Gasteiger partial charge on any atom is 0.309 e. The summed E-state index contributed by atoms with van der Waals surface area (Å²) in [5.41, 5.74) is 0.391. The van der Waals surface area contributed by atoms with E-state index in [0.29, 0.717) is 12.1 Å². The zero-order valence-electron chi connectivity index (χ0n) is 8.92. The van der Waals surface area contributed by atoms with E-state index >= 15 is 0 Å². The van der Waals surface area contributed by atoms with Gasteiger partial charge in [-0.25, -0.2) is 0 Å². The summed E-state index contributed by atoms with van der Waals surface area (Å²) in [5.74, 6) is -1.66. The van der Waals surface area contributed by atoms with Crippen molar-refractivity contribution in [1.82, 2.24) is 15.1 Å². The lowest BCUT2D eigenvalue weighted by Gasteiger charge is -2.20. The minimum atomic E-state index is -0.974. The second kappa shape index (κ2) is 4.36. The lowest BCUT2D eigenvalue weighted by Crippen LogP contribution is -2.41. The fourth-order valence-electron chi connectivity index (χ4n) is 1.73. The van der Waals surface area contributed by atoms with Gasteiger partial charge in [-0.15, -0.1) is 0 Å². The Morgan fingerprint density at radius 3 is 3.00 bits per heavy atom. The Balaban J connectivity index is 2.12. The van der Waals surface area contributed by atoms with Gasteiger partial charge in [0.05, 0.1) is 12.1 Å². The number of piperidine rings is 1. The minimum Gasteiger partial charge on any atom is -0.481 e. The van der Waals surface area contributed by atoms with Gasteiger partial charge in [-0.1, -0.05) is 0 Å². The largest absolute Gasteiger partial charge is 0.481 e. The summed E-state index contributed by atoms with van der Waals surface area (Å²) in [4.78, 5) is 33.0. The van der Waals surface area contributed by atoms with Crippen molar-refractivity contribution < 1.29 is 19.5 Å². The highest BCUT2D eigenvalue weighted by Crippen LogP contribution is 2.17. The van der Waals surface area contributed by atoms with E-state index in [1.165, 1.54) is 4.68 Å². The number of aliphatic carboxylic acids is 1. The molecule has 1 aliphatic rings. The number of rotatable bonds is 3. The van der Waals surface area contributed by atoms with Crippen LogP contribution in [0.25, 0.3) is 0 Å². The van der Waals surface area contributed by atoms with Crippen molar-refractivity contribution in [3.8, 4) is 0 Å². The highest BCUT2D eigenvalue weighted by Gasteiger charge is 2.28. The number of nitrogens with zero attached hydrogens (tertiary/aromatic N) is 2. The topological polar surface area (TPSA) is 101 Å². The molecular weight excluding hydrogens is 226 g/mol. The molecule has 1 atom stereocenters. The third kappa shape index (κ3) is 2.49. The van der Waals surface area contributed by atoms with Crippen LogP contribution in [0, 0.1) is 0 Å². The molecule has 2 heterocycles. The Bertz CT molecular complexity index is 480. The van der Waals surface area contributed by atoms with Crippen molar-refractivity contribution in [2.75, 3.05) is 0 Å². The first kappa shape index (κ1) is 11.3. The van der Waals surface area contributed by atoms with Crippen LogP contribution in [-0.2, 0) is 20.8 Å². The molecule has 1 fully saturated rings. The van der Waals surface area contributed by atoms with Crippen LogP contribution in [0.1, 0.15) is 24.6 Å². The van der Waals surface area contributed by atoms with Gasteiger partial charge in [0.2, 0.25) is 5.91 Å². The number of carboxylic acids is 1. The molecular formula is C10H11N3O4. The molecule has 0 spiro atoms. The Morgan fingerprint density at radius 1 is 1.59 bits per heavy atom. The molecule has 0 aliphatic carbocycles. The highest BCUT2D eigenvalue weighted by atomic mass is 16.4. The van der Waals surface area contributed by atoms with Crippen LogP contribution in [-0.4, -0.2) is 32.7 Å². The predicted molar refractivity (Wildman–Crippen MR) is 55.0 cm³/mol. The van der Waals surface area contributed by atoms with E-state index in [-0.39, 0.29) is 18.7 Å². The SMILES string of the molecule is O=C(O)Cc1ccn(C2CCC(=O)NC2=O)n1. The van der Waals surface area contributed by atoms with Crippen LogP contribution in [0.5, 0.6) is 0 Å². The number of amides is 2. The molecule has 1 saturated heterocycles. The first-order valence-corrected chi connectivity index (χ1v) is 5.16. The van der Waals surface area contributed by atoms with E-state index in [4.69, 9.17) is 5.11 Å². The van der Waals surface area contributed by atoms with Crippen molar-refractivity contribution in [2.24, 2.45) is 0 Å². The Morgan fingerprint density at radius 2 is 2.35 bits per heavy atom. The number of hydrogen-bond acceptors (Lipinski definition) is 4. The Kier molecular flexibility index (Phi) is 2.90. The summed E-state index contributed by atoms with van der Waals surface area (Å²) in [6.07, 6.45) is 2.03. The number of carbonyl (C=O) groups excluding carboxylic acids is 2. The van der Waals surface area contributed by atoms with Crippen LogP contribution in [0.15, 0.2) is 12.3 Å². The molecule has 1 unspecified atom stereocenters. The Labute approximate surface area is 96.4 Å². The molecule has 0 bridgehead atoms. The van der Waals surface area contributed by atoms with Gasteiger partial charge in [-0.05, 0) is 12.5 Å². The Hall–Kier alpha value is -2.18. The molecule has 7 nitrogen and oxygen atoms in total. The zero-order chi connectivity index (χ0) is 12.4. The van der Waals surface area contributed by atoms with Crippen LogP contribution in [0.3, 0.4) is 0 Å². The first-order chi connectivity index (χ1) is 8.06. The van der Waals surface area contributed by atoms with Gasteiger partial charge in [-0.2, -0.15) is 5.10 Å². The van der Waals surface area contributed by atoms with Crippen molar-refractivity contribution in [3.63, 3.8) is 0 Å². The predicted octanol–water partition coefficient (Wildman–Crippen LogP) is -0.512. The molecule has 2 N–H and O–H groups in total. The molecule has 0 radical (unpaired) electrons. The van der Waals surface area contributed by atoms with Crippen LogP contribution >= 0.6 is 0 Å². The third-order valence-corrected chi connectivity index (χ3v) is 2.53.